The van der Waals surface area contributed by atoms with Gasteiger partial charge in [0.05, 0.1) is 18.1 Å². The molecule has 0 bridgehead atoms. The first-order chi connectivity index (χ1) is 16.7. The molecule has 0 atom stereocenters. The van der Waals surface area contributed by atoms with E-state index in [2.05, 4.69) is 21.0 Å². The Balaban J connectivity index is 1.20. The van der Waals surface area contributed by atoms with Crippen LogP contribution in [0, 0.1) is 5.82 Å². The summed E-state index contributed by atoms with van der Waals surface area (Å²) >= 11 is 1.08. The third kappa shape index (κ3) is 7.67. The first kappa shape index (κ1) is 24.9. The molecule has 35 heavy (non-hydrogen) atoms. The Morgan fingerprint density at radius 1 is 1.11 bits per heavy atom. The first-order valence-corrected chi connectivity index (χ1v) is 11.3. The lowest BCUT2D eigenvalue weighted by molar-refractivity contribution is -0.275. The molecule has 1 heterocycles. The fourth-order valence-electron chi connectivity index (χ4n) is 3.62. The first-order valence-electron chi connectivity index (χ1n) is 10.6. The van der Waals surface area contributed by atoms with Gasteiger partial charge in [0.25, 0.3) is 0 Å². The molecule has 1 aliphatic heterocycles. The van der Waals surface area contributed by atoms with Crippen molar-refractivity contribution in [3.8, 4) is 11.5 Å². The van der Waals surface area contributed by atoms with Crippen LogP contribution < -0.4 is 25.8 Å². The standard InChI is InChI=1S/C22H21F4N3O5S/c23-18-12-15(5-10-19(18)32-22(24,25)26)28-21(30)27-14-3-8-17(9-4-14)31-16-6-1-13(2-7-16)11-20-33-29-34-35-20/h1-2,5-7,10-12,14,17,29H,3-4,8-9H2,(H2,27,28,30)/b20-11+. The van der Waals surface area contributed by atoms with E-state index >= 15 is 0 Å². The molecule has 4 rings (SSSR count). The van der Waals surface area contributed by atoms with Crippen LogP contribution in [0.5, 0.6) is 11.5 Å². The average molecular weight is 515 g/mol. The van der Waals surface area contributed by atoms with Crippen LogP contribution in [0.15, 0.2) is 47.6 Å². The molecule has 2 aromatic carbocycles. The van der Waals surface area contributed by atoms with E-state index in [-0.39, 0.29) is 17.8 Å². The fraction of sp³-hybridized carbons (Fsp3) is 0.318. The van der Waals surface area contributed by atoms with Crippen LogP contribution in [0.2, 0.25) is 0 Å². The van der Waals surface area contributed by atoms with E-state index in [1.54, 1.807) is 0 Å². The van der Waals surface area contributed by atoms with Gasteiger partial charge in [-0.05, 0) is 67.2 Å². The molecular weight excluding hydrogens is 494 g/mol. The van der Waals surface area contributed by atoms with Gasteiger partial charge >= 0.3 is 12.4 Å². The molecule has 0 aromatic heterocycles. The van der Waals surface area contributed by atoms with Crippen molar-refractivity contribution in [2.24, 2.45) is 0 Å². The predicted molar refractivity (Wildman–Crippen MR) is 119 cm³/mol. The van der Waals surface area contributed by atoms with Gasteiger partial charge in [0.15, 0.2) is 11.6 Å². The summed E-state index contributed by atoms with van der Waals surface area (Å²) in [5, 5.41) is 5.80. The average Bonchev–Trinajstić information content (AvgIpc) is 3.31. The molecule has 3 N–H and O–H groups in total. The molecule has 1 aliphatic carbocycles. The molecule has 8 nitrogen and oxygen atoms in total. The molecule has 0 radical (unpaired) electrons. The molecule has 1 saturated heterocycles. The van der Waals surface area contributed by atoms with Gasteiger partial charge in [-0.15, -0.1) is 13.2 Å². The van der Waals surface area contributed by atoms with Crippen LogP contribution in [0.25, 0.3) is 6.08 Å². The summed E-state index contributed by atoms with van der Waals surface area (Å²) in [7, 11) is 0. The van der Waals surface area contributed by atoms with Crippen LogP contribution in [-0.2, 0) is 9.12 Å². The summed E-state index contributed by atoms with van der Waals surface area (Å²) in [6.07, 6.45) is -0.386. The number of hydrogen-bond acceptors (Lipinski definition) is 7. The smallest absolute Gasteiger partial charge is 0.490 e. The Bertz CT molecular complexity index is 1050. The van der Waals surface area contributed by atoms with Gasteiger partial charge in [-0.25, -0.2) is 9.18 Å². The molecule has 2 aromatic rings. The molecular formula is C22H21F4N3O5S. The Hall–Kier alpha value is -3.16. The fourth-order valence-corrected chi connectivity index (χ4v) is 4.02. The van der Waals surface area contributed by atoms with Crippen LogP contribution in [-0.4, -0.2) is 24.5 Å². The van der Waals surface area contributed by atoms with Crippen molar-refractivity contribution < 1.29 is 41.0 Å². The number of anilines is 1. The normalized spacial score (nSPS) is 21.3. The largest absolute Gasteiger partial charge is 0.573 e. The number of carbonyl (C=O) groups is 1. The lowest BCUT2D eigenvalue weighted by atomic mass is 9.93. The number of halogens is 4. The maximum absolute atomic E-state index is 13.8. The number of urea groups is 1. The summed E-state index contributed by atoms with van der Waals surface area (Å²) in [5.41, 5.74) is 3.21. The van der Waals surface area contributed by atoms with Crippen molar-refractivity contribution in [2.75, 3.05) is 5.32 Å². The van der Waals surface area contributed by atoms with Crippen LogP contribution >= 0.6 is 12.0 Å². The highest BCUT2D eigenvalue weighted by molar-refractivity contribution is 7.98. The van der Waals surface area contributed by atoms with E-state index < -0.39 is 24.0 Å². The highest BCUT2D eigenvalue weighted by Gasteiger charge is 2.32. The minimum Gasteiger partial charge on any atom is -0.490 e. The topological polar surface area (TPSA) is 90.1 Å². The molecule has 0 spiro atoms. The number of benzene rings is 2. The highest BCUT2D eigenvalue weighted by Crippen LogP contribution is 2.29. The van der Waals surface area contributed by atoms with E-state index in [0.717, 1.165) is 54.4 Å². The number of hydrogen-bond donors (Lipinski definition) is 3. The Kier molecular flexibility index (Phi) is 7.88. The second kappa shape index (κ2) is 11.1. The Labute approximate surface area is 202 Å². The molecule has 13 heteroatoms. The van der Waals surface area contributed by atoms with Crippen molar-refractivity contribution in [3.05, 3.63) is 58.9 Å². The number of rotatable bonds is 6. The van der Waals surface area contributed by atoms with Crippen molar-refractivity contribution in [3.63, 3.8) is 0 Å². The zero-order valence-corrected chi connectivity index (χ0v) is 18.9. The van der Waals surface area contributed by atoms with E-state index in [4.69, 9.17) is 13.9 Å². The zero-order chi connectivity index (χ0) is 24.8. The van der Waals surface area contributed by atoms with Gasteiger partial charge in [0, 0.05) is 17.8 Å². The minimum absolute atomic E-state index is 0.00177. The van der Waals surface area contributed by atoms with E-state index in [1.165, 1.54) is 0 Å². The SMILES string of the molecule is O=C(Nc1ccc(OC(F)(F)F)c(F)c1)NC1CCC(Oc2ccc(/C=C3\ONOS3)cc2)CC1. The quantitative estimate of drug-likeness (QED) is 0.338. The molecule has 2 aliphatic rings. The van der Waals surface area contributed by atoms with Gasteiger partial charge in [-0.3, -0.25) is 0 Å². The Morgan fingerprint density at radius 3 is 2.49 bits per heavy atom. The molecule has 2 amide bonds. The van der Waals surface area contributed by atoms with Gasteiger partial charge < -0.3 is 24.9 Å². The van der Waals surface area contributed by atoms with Gasteiger partial charge in [0.2, 0.25) is 5.09 Å². The molecule has 0 unspecified atom stereocenters. The third-order valence-corrected chi connectivity index (χ3v) is 5.71. The van der Waals surface area contributed by atoms with Gasteiger partial charge in [0.1, 0.15) is 5.75 Å². The third-order valence-electron chi connectivity index (χ3n) is 5.19. The lowest BCUT2D eigenvalue weighted by Gasteiger charge is -2.29. The van der Waals surface area contributed by atoms with E-state index in [1.807, 2.05) is 30.3 Å². The number of carbonyl (C=O) groups excluding carboxylic acids is 1. The second-order valence-corrected chi connectivity index (χ2v) is 8.50. The maximum Gasteiger partial charge on any atom is 0.573 e. The molecule has 188 valence electrons. The van der Waals surface area contributed by atoms with Crippen molar-refractivity contribution in [1.82, 2.24) is 11.0 Å². The number of amides is 2. The van der Waals surface area contributed by atoms with Crippen LogP contribution in [0.3, 0.4) is 0 Å². The Morgan fingerprint density at radius 2 is 1.86 bits per heavy atom. The molecule has 1 saturated carbocycles. The van der Waals surface area contributed by atoms with Crippen molar-refractivity contribution in [2.45, 2.75) is 44.2 Å². The van der Waals surface area contributed by atoms with Crippen LogP contribution in [0.1, 0.15) is 31.2 Å². The summed E-state index contributed by atoms with van der Waals surface area (Å²) < 4.78 is 64.9. The minimum atomic E-state index is -5.01. The van der Waals surface area contributed by atoms with Crippen molar-refractivity contribution >= 4 is 29.8 Å². The molecule has 2 fully saturated rings. The van der Waals surface area contributed by atoms with Gasteiger partial charge in [-0.1, -0.05) is 12.1 Å². The zero-order valence-electron chi connectivity index (χ0n) is 18.1. The number of ether oxygens (including phenoxy) is 2. The lowest BCUT2D eigenvalue weighted by Crippen LogP contribution is -2.41. The number of nitrogens with one attached hydrogen (secondary N) is 3. The highest BCUT2D eigenvalue weighted by atomic mass is 32.2. The maximum atomic E-state index is 13.8. The summed E-state index contributed by atoms with van der Waals surface area (Å²) in [4.78, 5) is 17.3. The summed E-state index contributed by atoms with van der Waals surface area (Å²) in [6.45, 7) is 0. The summed E-state index contributed by atoms with van der Waals surface area (Å²) in [6, 6.07) is 9.52. The predicted octanol–water partition coefficient (Wildman–Crippen LogP) is 5.65. The van der Waals surface area contributed by atoms with E-state index in [0.29, 0.717) is 17.9 Å². The van der Waals surface area contributed by atoms with Gasteiger partial charge in [-0.2, -0.15) is 4.28 Å². The van der Waals surface area contributed by atoms with Crippen molar-refractivity contribution in [1.29, 1.82) is 0 Å². The van der Waals surface area contributed by atoms with E-state index in [9.17, 15) is 22.4 Å². The summed E-state index contributed by atoms with van der Waals surface area (Å²) in [5.74, 6) is -1.47. The monoisotopic (exact) mass is 515 g/mol. The second-order valence-electron chi connectivity index (χ2n) is 7.77. The van der Waals surface area contributed by atoms with Crippen LogP contribution in [0.4, 0.5) is 28.0 Å². The number of alkyl halides is 3.